The molecule has 0 spiro atoms. The zero-order chi connectivity index (χ0) is 11.4. The summed E-state index contributed by atoms with van der Waals surface area (Å²) < 4.78 is 0. The molecule has 2 aliphatic rings. The Kier molecular flexibility index (Phi) is 4.66. The standard InChI is InChI=1S/C14H27NO/c1-12-3-2-4-14(9-12)10-15-7-5-13(11-16)6-8-15/h12-14,16H,2-11H2,1H3. The minimum absolute atomic E-state index is 0.397. The van der Waals surface area contributed by atoms with Crippen molar-refractivity contribution in [3.05, 3.63) is 0 Å². The van der Waals surface area contributed by atoms with Gasteiger partial charge in [0.25, 0.3) is 0 Å². The number of rotatable bonds is 3. The van der Waals surface area contributed by atoms with Crippen LogP contribution in [0.3, 0.4) is 0 Å². The fourth-order valence-corrected chi connectivity index (χ4v) is 3.44. The van der Waals surface area contributed by atoms with Crippen molar-refractivity contribution in [1.82, 2.24) is 4.90 Å². The van der Waals surface area contributed by atoms with E-state index < -0.39 is 0 Å². The molecule has 1 heterocycles. The fourth-order valence-electron chi connectivity index (χ4n) is 3.44. The van der Waals surface area contributed by atoms with Crippen molar-refractivity contribution in [2.45, 2.75) is 45.4 Å². The van der Waals surface area contributed by atoms with Gasteiger partial charge in [0.2, 0.25) is 0 Å². The van der Waals surface area contributed by atoms with Gasteiger partial charge in [-0.25, -0.2) is 0 Å². The summed E-state index contributed by atoms with van der Waals surface area (Å²) in [6.45, 7) is 6.56. The number of hydrogen-bond acceptors (Lipinski definition) is 2. The van der Waals surface area contributed by atoms with Crippen LogP contribution in [0.2, 0.25) is 0 Å². The third-order valence-electron chi connectivity index (χ3n) is 4.53. The molecule has 1 saturated carbocycles. The first kappa shape index (κ1) is 12.4. The number of aliphatic hydroxyl groups excluding tert-OH is 1. The first-order valence-corrected chi connectivity index (χ1v) is 7.11. The zero-order valence-electron chi connectivity index (χ0n) is 10.7. The minimum atomic E-state index is 0.397. The third-order valence-corrected chi connectivity index (χ3v) is 4.53. The van der Waals surface area contributed by atoms with Crippen LogP contribution in [0.25, 0.3) is 0 Å². The van der Waals surface area contributed by atoms with Crippen molar-refractivity contribution < 1.29 is 5.11 Å². The molecule has 0 radical (unpaired) electrons. The van der Waals surface area contributed by atoms with E-state index in [1.807, 2.05) is 0 Å². The third kappa shape index (κ3) is 3.46. The van der Waals surface area contributed by atoms with Gasteiger partial charge in [0.1, 0.15) is 0 Å². The van der Waals surface area contributed by atoms with E-state index in [1.54, 1.807) is 0 Å². The minimum Gasteiger partial charge on any atom is -0.396 e. The van der Waals surface area contributed by atoms with Gasteiger partial charge in [-0.3, -0.25) is 0 Å². The highest BCUT2D eigenvalue weighted by atomic mass is 16.3. The molecular weight excluding hydrogens is 198 g/mol. The summed E-state index contributed by atoms with van der Waals surface area (Å²) in [7, 11) is 0. The van der Waals surface area contributed by atoms with Gasteiger partial charge < -0.3 is 10.0 Å². The lowest BCUT2D eigenvalue weighted by atomic mass is 9.82. The first-order chi connectivity index (χ1) is 7.78. The van der Waals surface area contributed by atoms with Crippen LogP contribution in [0.5, 0.6) is 0 Å². The molecular formula is C14H27NO. The van der Waals surface area contributed by atoms with Crippen LogP contribution < -0.4 is 0 Å². The molecule has 1 saturated heterocycles. The van der Waals surface area contributed by atoms with Crippen molar-refractivity contribution in [3.8, 4) is 0 Å². The van der Waals surface area contributed by atoms with Crippen molar-refractivity contribution in [2.75, 3.05) is 26.2 Å². The van der Waals surface area contributed by atoms with Crippen LogP contribution in [0, 0.1) is 17.8 Å². The summed E-state index contributed by atoms with van der Waals surface area (Å²) in [4.78, 5) is 2.63. The lowest BCUT2D eigenvalue weighted by molar-refractivity contribution is 0.107. The van der Waals surface area contributed by atoms with Crippen molar-refractivity contribution in [2.24, 2.45) is 17.8 Å². The van der Waals surface area contributed by atoms with Crippen LogP contribution in [0.4, 0.5) is 0 Å². The Morgan fingerprint density at radius 1 is 1.06 bits per heavy atom. The number of hydrogen-bond donors (Lipinski definition) is 1. The molecule has 16 heavy (non-hydrogen) atoms. The SMILES string of the molecule is CC1CCCC(CN2CCC(CO)CC2)C1. The van der Waals surface area contributed by atoms with Crippen LogP contribution in [0.15, 0.2) is 0 Å². The molecule has 2 unspecified atom stereocenters. The largest absolute Gasteiger partial charge is 0.396 e. The number of likely N-dealkylation sites (tertiary alicyclic amines) is 1. The van der Waals surface area contributed by atoms with Gasteiger partial charge in [0.05, 0.1) is 0 Å². The molecule has 1 aliphatic carbocycles. The second-order valence-corrected chi connectivity index (χ2v) is 6.06. The smallest absolute Gasteiger partial charge is 0.0460 e. The van der Waals surface area contributed by atoms with E-state index in [-0.39, 0.29) is 0 Å². The summed E-state index contributed by atoms with van der Waals surface area (Å²) >= 11 is 0. The molecule has 2 heteroatoms. The summed E-state index contributed by atoms with van der Waals surface area (Å²) in [6.07, 6.45) is 8.20. The number of nitrogens with zero attached hydrogens (tertiary/aromatic N) is 1. The Balaban J connectivity index is 1.69. The van der Waals surface area contributed by atoms with Crippen LogP contribution in [-0.4, -0.2) is 36.2 Å². The fraction of sp³-hybridized carbons (Fsp3) is 1.00. The molecule has 0 bridgehead atoms. The van der Waals surface area contributed by atoms with Gasteiger partial charge in [-0.05, 0) is 56.5 Å². The lowest BCUT2D eigenvalue weighted by Crippen LogP contribution is -2.38. The van der Waals surface area contributed by atoms with E-state index in [0.29, 0.717) is 12.5 Å². The Bertz CT molecular complexity index is 199. The topological polar surface area (TPSA) is 23.5 Å². The molecule has 2 atom stereocenters. The van der Waals surface area contributed by atoms with Gasteiger partial charge in [0.15, 0.2) is 0 Å². The molecule has 1 N–H and O–H groups in total. The predicted molar refractivity (Wildman–Crippen MR) is 67.4 cm³/mol. The predicted octanol–water partition coefficient (Wildman–Crippen LogP) is 2.52. The lowest BCUT2D eigenvalue weighted by Gasteiger charge is -2.36. The normalized spacial score (nSPS) is 34.1. The van der Waals surface area contributed by atoms with E-state index in [9.17, 15) is 0 Å². The van der Waals surface area contributed by atoms with Gasteiger partial charge >= 0.3 is 0 Å². The van der Waals surface area contributed by atoms with E-state index in [1.165, 1.54) is 58.2 Å². The Hall–Kier alpha value is -0.0800. The van der Waals surface area contributed by atoms with E-state index in [2.05, 4.69) is 11.8 Å². The van der Waals surface area contributed by atoms with Crippen molar-refractivity contribution >= 4 is 0 Å². The first-order valence-electron chi connectivity index (χ1n) is 7.11. The van der Waals surface area contributed by atoms with E-state index in [0.717, 1.165) is 11.8 Å². The quantitative estimate of drug-likeness (QED) is 0.798. The van der Waals surface area contributed by atoms with E-state index in [4.69, 9.17) is 5.11 Å². The van der Waals surface area contributed by atoms with E-state index >= 15 is 0 Å². The molecule has 1 aliphatic heterocycles. The van der Waals surface area contributed by atoms with Crippen LogP contribution >= 0.6 is 0 Å². The molecule has 0 aromatic carbocycles. The second-order valence-electron chi connectivity index (χ2n) is 6.06. The maximum absolute atomic E-state index is 9.11. The average Bonchev–Trinajstić information content (AvgIpc) is 2.30. The highest BCUT2D eigenvalue weighted by Crippen LogP contribution is 2.30. The number of piperidine rings is 1. The van der Waals surface area contributed by atoms with Gasteiger partial charge in [-0.1, -0.05) is 19.8 Å². The molecule has 2 rings (SSSR count). The zero-order valence-corrected chi connectivity index (χ0v) is 10.7. The Labute approximate surface area is 100 Å². The molecule has 2 nitrogen and oxygen atoms in total. The summed E-state index contributed by atoms with van der Waals surface area (Å²) in [6, 6.07) is 0. The summed E-state index contributed by atoms with van der Waals surface area (Å²) in [5.41, 5.74) is 0. The second kappa shape index (κ2) is 6.02. The molecule has 0 amide bonds. The molecule has 0 aromatic rings. The Morgan fingerprint density at radius 3 is 2.44 bits per heavy atom. The van der Waals surface area contributed by atoms with Gasteiger partial charge in [-0.2, -0.15) is 0 Å². The highest BCUT2D eigenvalue weighted by molar-refractivity contribution is 4.77. The summed E-state index contributed by atoms with van der Waals surface area (Å²) in [5, 5.41) is 9.11. The number of aliphatic hydroxyl groups is 1. The van der Waals surface area contributed by atoms with Crippen molar-refractivity contribution in [1.29, 1.82) is 0 Å². The summed E-state index contributed by atoms with van der Waals surface area (Å²) in [5.74, 6) is 2.49. The monoisotopic (exact) mass is 225 g/mol. The average molecular weight is 225 g/mol. The van der Waals surface area contributed by atoms with Crippen LogP contribution in [0.1, 0.15) is 45.4 Å². The van der Waals surface area contributed by atoms with Crippen molar-refractivity contribution in [3.63, 3.8) is 0 Å². The Morgan fingerprint density at radius 2 is 1.81 bits per heavy atom. The van der Waals surface area contributed by atoms with Gasteiger partial charge in [0, 0.05) is 13.2 Å². The molecule has 0 aromatic heterocycles. The molecule has 94 valence electrons. The van der Waals surface area contributed by atoms with Gasteiger partial charge in [-0.15, -0.1) is 0 Å². The van der Waals surface area contributed by atoms with Crippen LogP contribution in [-0.2, 0) is 0 Å². The molecule has 2 fully saturated rings. The maximum Gasteiger partial charge on any atom is 0.0460 e. The maximum atomic E-state index is 9.11. The highest BCUT2D eigenvalue weighted by Gasteiger charge is 2.24.